The number of esters is 2. The van der Waals surface area contributed by atoms with Crippen molar-refractivity contribution in [3.8, 4) is 5.75 Å². The Bertz CT molecular complexity index is 546. The summed E-state index contributed by atoms with van der Waals surface area (Å²) in [4.78, 5) is 23.3. The molecule has 25 heavy (non-hydrogen) atoms. The molecule has 6 heteroatoms. The Morgan fingerprint density at radius 3 is 2.24 bits per heavy atom. The molecule has 0 aliphatic rings. The Morgan fingerprint density at radius 2 is 1.56 bits per heavy atom. The van der Waals surface area contributed by atoms with Gasteiger partial charge in [-0.2, -0.15) is 0 Å². The van der Waals surface area contributed by atoms with Crippen molar-refractivity contribution in [2.75, 3.05) is 6.61 Å². The summed E-state index contributed by atoms with van der Waals surface area (Å²) < 4.78 is 10.4. The minimum Gasteiger partial charge on any atom is -0.466 e. The fourth-order valence-electron chi connectivity index (χ4n) is 2.23. The number of benzene rings is 1. The van der Waals surface area contributed by atoms with Crippen molar-refractivity contribution in [3.05, 3.63) is 28.2 Å². The molecule has 1 aromatic carbocycles. The second-order valence-corrected chi connectivity index (χ2v) is 6.71. The van der Waals surface area contributed by atoms with Gasteiger partial charge in [0, 0.05) is 18.9 Å². The van der Waals surface area contributed by atoms with E-state index in [1.54, 1.807) is 12.1 Å². The molecule has 0 radical (unpaired) electrons. The lowest BCUT2D eigenvalue weighted by molar-refractivity contribution is -0.143. The number of halogens is 2. The zero-order valence-corrected chi connectivity index (χ0v) is 16.2. The number of hydrogen-bond donors (Lipinski definition) is 0. The van der Waals surface area contributed by atoms with E-state index < -0.39 is 0 Å². The third-order valence-electron chi connectivity index (χ3n) is 3.65. The maximum Gasteiger partial charge on any atom is 0.311 e. The van der Waals surface area contributed by atoms with Crippen LogP contribution in [0.4, 0.5) is 0 Å². The second kappa shape index (κ2) is 13.0. The lowest BCUT2D eigenvalue weighted by Crippen LogP contribution is -2.08. The topological polar surface area (TPSA) is 52.6 Å². The molecule has 0 aromatic heterocycles. The van der Waals surface area contributed by atoms with Crippen LogP contribution in [0.3, 0.4) is 0 Å². The Morgan fingerprint density at radius 1 is 0.880 bits per heavy atom. The van der Waals surface area contributed by atoms with Gasteiger partial charge in [-0.25, -0.2) is 0 Å². The Hall–Kier alpha value is -1.26. The van der Waals surface area contributed by atoms with Crippen molar-refractivity contribution in [2.45, 2.75) is 64.7 Å². The highest BCUT2D eigenvalue weighted by Crippen LogP contribution is 2.26. The molecule has 0 fully saturated rings. The summed E-state index contributed by atoms with van der Waals surface area (Å²) >= 11 is 11.7. The summed E-state index contributed by atoms with van der Waals surface area (Å²) in [6, 6.07) is 4.70. The van der Waals surface area contributed by atoms with E-state index in [-0.39, 0.29) is 11.9 Å². The Labute approximate surface area is 159 Å². The van der Waals surface area contributed by atoms with E-state index in [0.29, 0.717) is 48.1 Å². The fraction of sp³-hybridized carbons (Fsp3) is 0.579. The molecule has 0 aliphatic carbocycles. The van der Waals surface area contributed by atoms with E-state index in [1.165, 1.54) is 18.9 Å². The highest BCUT2D eigenvalue weighted by Gasteiger charge is 2.08. The first kappa shape index (κ1) is 21.8. The van der Waals surface area contributed by atoms with Gasteiger partial charge >= 0.3 is 11.9 Å². The molecule has 0 saturated heterocycles. The molecule has 0 unspecified atom stereocenters. The van der Waals surface area contributed by atoms with Crippen LogP contribution >= 0.6 is 23.2 Å². The lowest BCUT2D eigenvalue weighted by atomic mass is 10.1. The molecule has 0 aliphatic heterocycles. The van der Waals surface area contributed by atoms with E-state index in [9.17, 15) is 9.59 Å². The molecule has 0 N–H and O–H groups in total. The van der Waals surface area contributed by atoms with E-state index in [1.807, 2.05) is 0 Å². The molecular formula is C19H26Cl2O4. The molecule has 1 aromatic rings. The third-order valence-corrected chi connectivity index (χ3v) is 4.38. The monoisotopic (exact) mass is 388 g/mol. The second-order valence-electron chi connectivity index (χ2n) is 5.89. The largest absolute Gasteiger partial charge is 0.466 e. The van der Waals surface area contributed by atoms with Gasteiger partial charge in [0.2, 0.25) is 0 Å². The molecule has 0 heterocycles. The van der Waals surface area contributed by atoms with Gasteiger partial charge in [-0.15, -0.1) is 0 Å². The number of carbonyl (C=O) groups excluding carboxylic acids is 2. The average Bonchev–Trinajstić information content (AvgIpc) is 2.57. The van der Waals surface area contributed by atoms with Crippen LogP contribution < -0.4 is 4.74 Å². The standard InChI is InChI=1S/C19H26Cl2O4/c1-2-3-4-8-13-24-18(22)9-6-5-7-10-19(23)25-15-11-12-16(20)17(21)14-15/h11-12,14H,2-10,13H2,1H3. The smallest absolute Gasteiger partial charge is 0.311 e. The summed E-state index contributed by atoms with van der Waals surface area (Å²) in [5, 5.41) is 0.763. The summed E-state index contributed by atoms with van der Waals surface area (Å²) in [7, 11) is 0. The highest BCUT2D eigenvalue weighted by atomic mass is 35.5. The zero-order chi connectivity index (χ0) is 18.5. The van der Waals surface area contributed by atoms with Crippen molar-refractivity contribution in [2.24, 2.45) is 0 Å². The molecule has 4 nitrogen and oxygen atoms in total. The molecule has 1 rings (SSSR count). The van der Waals surface area contributed by atoms with Crippen molar-refractivity contribution in [1.29, 1.82) is 0 Å². The maximum absolute atomic E-state index is 11.7. The fourth-order valence-corrected chi connectivity index (χ4v) is 2.51. The molecule has 0 bridgehead atoms. The van der Waals surface area contributed by atoms with Crippen LogP contribution in [-0.4, -0.2) is 18.5 Å². The lowest BCUT2D eigenvalue weighted by Gasteiger charge is -2.06. The van der Waals surface area contributed by atoms with Gasteiger partial charge in [0.1, 0.15) is 5.75 Å². The number of carbonyl (C=O) groups is 2. The van der Waals surface area contributed by atoms with Crippen LogP contribution in [0, 0.1) is 0 Å². The average molecular weight is 389 g/mol. The molecule has 0 amide bonds. The van der Waals surface area contributed by atoms with E-state index in [0.717, 1.165) is 19.3 Å². The summed E-state index contributed by atoms with van der Waals surface area (Å²) in [5.41, 5.74) is 0. The molecule has 0 atom stereocenters. The van der Waals surface area contributed by atoms with Crippen LogP contribution in [0.25, 0.3) is 0 Å². The van der Waals surface area contributed by atoms with Crippen molar-refractivity contribution in [3.63, 3.8) is 0 Å². The first-order valence-corrected chi connectivity index (χ1v) is 9.60. The number of unbranched alkanes of at least 4 members (excludes halogenated alkanes) is 5. The first-order chi connectivity index (χ1) is 12.0. The van der Waals surface area contributed by atoms with Crippen LogP contribution in [0.2, 0.25) is 10.0 Å². The minimum atomic E-state index is -0.322. The minimum absolute atomic E-state index is 0.158. The SMILES string of the molecule is CCCCCCOC(=O)CCCCCC(=O)Oc1ccc(Cl)c(Cl)c1. The van der Waals surface area contributed by atoms with E-state index in [2.05, 4.69) is 6.92 Å². The van der Waals surface area contributed by atoms with Crippen molar-refractivity contribution < 1.29 is 19.1 Å². The summed E-state index contributed by atoms with van der Waals surface area (Å²) in [6.45, 7) is 2.65. The quantitative estimate of drug-likeness (QED) is 0.251. The van der Waals surface area contributed by atoms with Gasteiger partial charge in [0.05, 0.1) is 16.7 Å². The van der Waals surface area contributed by atoms with Gasteiger partial charge in [0.25, 0.3) is 0 Å². The Balaban J connectivity index is 2.05. The van der Waals surface area contributed by atoms with Crippen LogP contribution in [0.5, 0.6) is 5.75 Å². The molecular weight excluding hydrogens is 363 g/mol. The van der Waals surface area contributed by atoms with Crippen LogP contribution in [0.15, 0.2) is 18.2 Å². The third kappa shape index (κ3) is 10.4. The first-order valence-electron chi connectivity index (χ1n) is 8.84. The van der Waals surface area contributed by atoms with Crippen LogP contribution in [-0.2, 0) is 14.3 Å². The van der Waals surface area contributed by atoms with Gasteiger partial charge in [-0.3, -0.25) is 9.59 Å². The zero-order valence-electron chi connectivity index (χ0n) is 14.7. The van der Waals surface area contributed by atoms with Gasteiger partial charge < -0.3 is 9.47 Å². The van der Waals surface area contributed by atoms with Crippen LogP contribution in [0.1, 0.15) is 64.7 Å². The predicted molar refractivity (Wildman–Crippen MR) is 100 cm³/mol. The van der Waals surface area contributed by atoms with Crippen molar-refractivity contribution in [1.82, 2.24) is 0 Å². The molecule has 140 valence electrons. The highest BCUT2D eigenvalue weighted by molar-refractivity contribution is 6.42. The molecule has 0 saturated carbocycles. The number of rotatable bonds is 12. The summed E-state index contributed by atoms with van der Waals surface area (Å²) in [6.07, 6.45) is 7.24. The van der Waals surface area contributed by atoms with Crippen molar-refractivity contribution >= 4 is 35.1 Å². The van der Waals surface area contributed by atoms with Gasteiger partial charge in [-0.05, 0) is 31.4 Å². The Kier molecular flexibility index (Phi) is 11.3. The van der Waals surface area contributed by atoms with Gasteiger partial charge in [0.15, 0.2) is 0 Å². The molecule has 0 spiro atoms. The van der Waals surface area contributed by atoms with E-state index >= 15 is 0 Å². The van der Waals surface area contributed by atoms with E-state index in [4.69, 9.17) is 32.7 Å². The van der Waals surface area contributed by atoms with Gasteiger partial charge in [-0.1, -0.05) is 55.8 Å². The maximum atomic E-state index is 11.7. The normalized spacial score (nSPS) is 10.5. The number of ether oxygens (including phenoxy) is 2. The summed E-state index contributed by atoms with van der Waals surface area (Å²) in [5.74, 6) is -0.0992. The predicted octanol–water partition coefficient (Wildman–Crippen LogP) is 5.97. The number of hydrogen-bond acceptors (Lipinski definition) is 4.